The van der Waals surface area contributed by atoms with E-state index in [1.165, 1.54) is 12.3 Å². The van der Waals surface area contributed by atoms with Gasteiger partial charge in [0.2, 0.25) is 5.95 Å². The van der Waals surface area contributed by atoms with E-state index < -0.39 is 5.95 Å². The maximum absolute atomic E-state index is 12.3. The summed E-state index contributed by atoms with van der Waals surface area (Å²) in [5, 5.41) is 4.60. The van der Waals surface area contributed by atoms with Crippen LogP contribution in [0.5, 0.6) is 0 Å². The van der Waals surface area contributed by atoms with Crippen LogP contribution in [0.1, 0.15) is 6.92 Å². The van der Waals surface area contributed by atoms with Gasteiger partial charge >= 0.3 is 0 Å². The van der Waals surface area contributed by atoms with E-state index in [2.05, 4.69) is 10.5 Å². The molecule has 0 unspecified atom stereocenters. The summed E-state index contributed by atoms with van der Waals surface area (Å²) in [4.78, 5) is 4.80. The van der Waals surface area contributed by atoms with Crippen molar-refractivity contribution in [3.8, 4) is 0 Å². The minimum absolute atomic E-state index is 0.442. The van der Waals surface area contributed by atoms with Gasteiger partial charge in [-0.3, -0.25) is 0 Å². The number of hydrogen-bond acceptors (Lipinski definition) is 4. The average molecular weight is 145 g/mol. The zero-order chi connectivity index (χ0) is 7.40. The van der Waals surface area contributed by atoms with Crippen LogP contribution in [0.4, 0.5) is 4.39 Å². The molecule has 56 valence electrons. The number of hydrogen-bond donors (Lipinski definition) is 1. The number of halogens is 1. The van der Waals surface area contributed by atoms with Crippen LogP contribution in [0.15, 0.2) is 17.1 Å². The zero-order valence-electron chi connectivity index (χ0n) is 5.54. The van der Waals surface area contributed by atoms with Crippen molar-refractivity contribution in [2.24, 2.45) is 5.10 Å². The van der Waals surface area contributed by atoms with Crippen LogP contribution in [0.3, 0.4) is 0 Å². The summed E-state index contributed by atoms with van der Waals surface area (Å²) >= 11 is 0. The molecule has 0 radical (unpaired) electrons. The van der Waals surface area contributed by atoms with E-state index in [-0.39, 0.29) is 0 Å². The normalized spacial score (nSPS) is 16.6. The second-order valence-corrected chi connectivity index (χ2v) is 1.58. The van der Waals surface area contributed by atoms with Gasteiger partial charge in [0.1, 0.15) is 0 Å². The Morgan fingerprint density at radius 1 is 1.90 bits per heavy atom. The van der Waals surface area contributed by atoms with Gasteiger partial charge in [-0.25, -0.2) is 10.3 Å². The first-order valence-electron chi connectivity index (χ1n) is 2.92. The van der Waals surface area contributed by atoms with E-state index in [9.17, 15) is 4.39 Å². The molecule has 1 N–H and O–H groups in total. The number of allylic oxidation sites excluding steroid dienone is 1. The third-order valence-electron chi connectivity index (χ3n) is 0.846. The lowest BCUT2D eigenvalue weighted by Crippen LogP contribution is -2.33. The van der Waals surface area contributed by atoms with Gasteiger partial charge in [0.05, 0.1) is 12.8 Å². The molecular weight excluding hydrogens is 137 g/mol. The topological polar surface area (TPSA) is 36.9 Å². The molecule has 0 aliphatic carbocycles. The molecule has 0 bridgehead atoms. The summed E-state index contributed by atoms with van der Waals surface area (Å²) in [5.41, 5.74) is 2.22. The minimum Gasteiger partial charge on any atom is -0.238 e. The molecule has 1 aliphatic rings. The number of nitrogens with zero attached hydrogens (tertiary/aromatic N) is 2. The van der Waals surface area contributed by atoms with Crippen LogP contribution >= 0.6 is 0 Å². The van der Waals surface area contributed by atoms with Gasteiger partial charge in [0.25, 0.3) is 0 Å². The summed E-state index contributed by atoms with van der Waals surface area (Å²) in [6, 6.07) is 0. The fraction of sp³-hybridized carbons (Fsp3) is 0.400. The number of rotatable bonds is 2. The highest BCUT2D eigenvalue weighted by molar-refractivity contribution is 5.71. The molecule has 0 saturated carbocycles. The molecule has 1 aliphatic heterocycles. The highest BCUT2D eigenvalue weighted by Crippen LogP contribution is 1.98. The lowest BCUT2D eigenvalue weighted by molar-refractivity contribution is -0.189. The fourth-order valence-corrected chi connectivity index (χ4v) is 0.505. The lowest BCUT2D eigenvalue weighted by Gasteiger charge is -2.18. The summed E-state index contributed by atoms with van der Waals surface area (Å²) in [6.07, 6.45) is 2.51. The smallest absolute Gasteiger partial charge is 0.210 e. The summed E-state index contributed by atoms with van der Waals surface area (Å²) < 4.78 is 12.3. The molecular formula is C5H8FN3O. The molecule has 4 nitrogen and oxygen atoms in total. The number of hydrazone groups is 1. The first-order valence-corrected chi connectivity index (χ1v) is 2.92. The van der Waals surface area contributed by atoms with Gasteiger partial charge in [-0.15, -0.1) is 5.10 Å². The molecule has 0 aromatic rings. The predicted molar refractivity (Wildman–Crippen MR) is 34.3 cm³/mol. The molecule has 10 heavy (non-hydrogen) atoms. The second kappa shape index (κ2) is 3.17. The SMILES string of the molecule is CCON1N=CC=C(F)N1. The van der Waals surface area contributed by atoms with Crippen LogP contribution < -0.4 is 5.43 Å². The molecule has 0 aromatic carbocycles. The van der Waals surface area contributed by atoms with Gasteiger partial charge in [-0.05, 0) is 6.92 Å². The monoisotopic (exact) mass is 145 g/mol. The molecule has 0 saturated heterocycles. The first kappa shape index (κ1) is 7.01. The number of nitrogens with one attached hydrogen (secondary N) is 1. The molecule has 0 aromatic heterocycles. The van der Waals surface area contributed by atoms with Gasteiger partial charge in [0.15, 0.2) is 0 Å². The van der Waals surface area contributed by atoms with Crippen molar-refractivity contribution in [3.63, 3.8) is 0 Å². The van der Waals surface area contributed by atoms with Crippen LogP contribution in [-0.2, 0) is 4.84 Å². The van der Waals surface area contributed by atoms with E-state index in [0.717, 1.165) is 5.28 Å². The minimum atomic E-state index is -0.483. The molecule has 5 heteroatoms. The Kier molecular flexibility index (Phi) is 2.22. The van der Waals surface area contributed by atoms with Gasteiger partial charge in [-0.2, -0.15) is 4.39 Å². The summed E-state index contributed by atoms with van der Waals surface area (Å²) in [7, 11) is 0. The highest BCUT2D eigenvalue weighted by atomic mass is 19.1. The van der Waals surface area contributed by atoms with Crippen molar-refractivity contribution in [2.45, 2.75) is 6.92 Å². The van der Waals surface area contributed by atoms with Crippen molar-refractivity contribution >= 4 is 6.21 Å². The van der Waals surface area contributed by atoms with Crippen LogP contribution in [0.2, 0.25) is 0 Å². The Balaban J connectivity index is 2.39. The summed E-state index contributed by atoms with van der Waals surface area (Å²) in [5.74, 6) is -0.483. The Hall–Kier alpha value is -1.10. The summed E-state index contributed by atoms with van der Waals surface area (Å²) in [6.45, 7) is 2.23. The van der Waals surface area contributed by atoms with E-state index in [1.807, 2.05) is 0 Å². The standard InChI is InChI=1S/C5H8FN3O/c1-2-10-9-7-4-3-5(6)8-9/h3-4,8H,2H2,1H3. The van der Waals surface area contributed by atoms with Crippen LogP contribution in [-0.4, -0.2) is 18.1 Å². The molecule has 0 spiro atoms. The average Bonchev–Trinajstić information content (AvgIpc) is 1.88. The largest absolute Gasteiger partial charge is 0.238 e. The van der Waals surface area contributed by atoms with Crippen molar-refractivity contribution in [1.29, 1.82) is 0 Å². The van der Waals surface area contributed by atoms with Gasteiger partial charge < -0.3 is 0 Å². The zero-order valence-corrected chi connectivity index (χ0v) is 5.54. The van der Waals surface area contributed by atoms with Crippen molar-refractivity contribution in [2.75, 3.05) is 6.61 Å². The van der Waals surface area contributed by atoms with E-state index in [0.29, 0.717) is 6.61 Å². The third-order valence-corrected chi connectivity index (χ3v) is 0.846. The quantitative estimate of drug-likeness (QED) is 0.576. The lowest BCUT2D eigenvalue weighted by atomic mass is 10.6. The fourth-order valence-electron chi connectivity index (χ4n) is 0.505. The van der Waals surface area contributed by atoms with E-state index >= 15 is 0 Å². The van der Waals surface area contributed by atoms with E-state index in [4.69, 9.17) is 4.84 Å². The maximum Gasteiger partial charge on any atom is 0.210 e. The number of hydrazine groups is 1. The predicted octanol–water partition coefficient (Wildman–Crippen LogP) is 0.555. The Labute approximate surface area is 57.9 Å². The second-order valence-electron chi connectivity index (χ2n) is 1.58. The van der Waals surface area contributed by atoms with E-state index in [1.54, 1.807) is 6.92 Å². The van der Waals surface area contributed by atoms with Crippen molar-refractivity contribution in [3.05, 3.63) is 12.0 Å². The molecule has 1 heterocycles. The Morgan fingerprint density at radius 2 is 2.70 bits per heavy atom. The molecule has 0 amide bonds. The molecule has 1 rings (SSSR count). The Bertz CT molecular complexity index is 168. The van der Waals surface area contributed by atoms with Crippen molar-refractivity contribution < 1.29 is 9.23 Å². The third kappa shape index (κ3) is 1.70. The first-order chi connectivity index (χ1) is 4.83. The Morgan fingerprint density at radius 3 is 3.30 bits per heavy atom. The van der Waals surface area contributed by atoms with Crippen LogP contribution in [0.25, 0.3) is 0 Å². The van der Waals surface area contributed by atoms with Gasteiger partial charge in [0, 0.05) is 6.08 Å². The van der Waals surface area contributed by atoms with Crippen LogP contribution in [0, 0.1) is 0 Å². The van der Waals surface area contributed by atoms with Gasteiger partial charge in [-0.1, -0.05) is 5.28 Å². The maximum atomic E-state index is 12.3. The molecule has 0 atom stereocenters. The molecule has 0 fully saturated rings. The highest BCUT2D eigenvalue weighted by Gasteiger charge is 2.04. The van der Waals surface area contributed by atoms with Crippen molar-refractivity contribution in [1.82, 2.24) is 10.7 Å².